The molecule has 1 aliphatic rings. The Hall–Kier alpha value is -4.18. The van der Waals surface area contributed by atoms with Gasteiger partial charge in [-0.1, -0.05) is 99.3 Å². The Bertz CT molecular complexity index is 1410. The highest BCUT2D eigenvalue weighted by Gasteiger charge is 2.31. The fourth-order valence-corrected chi connectivity index (χ4v) is 5.48. The van der Waals surface area contributed by atoms with E-state index in [0.717, 1.165) is 54.4 Å². The lowest BCUT2D eigenvalue weighted by molar-refractivity contribution is 0.0678. The summed E-state index contributed by atoms with van der Waals surface area (Å²) in [6.07, 6.45) is 6.93. The average Bonchev–Trinajstić information content (AvgIpc) is 3.00. The van der Waals surface area contributed by atoms with Crippen molar-refractivity contribution in [1.82, 2.24) is 0 Å². The lowest BCUT2D eigenvalue weighted by Crippen LogP contribution is -2.18. The number of hydrogen-bond acceptors (Lipinski definition) is 4. The maximum Gasteiger partial charge on any atom is 0.343 e. The summed E-state index contributed by atoms with van der Waals surface area (Å²) in [6.45, 7) is 2.09. The van der Waals surface area contributed by atoms with Crippen LogP contribution >= 0.6 is 0 Å². The molecule has 1 aliphatic carbocycles. The summed E-state index contributed by atoms with van der Waals surface area (Å²) in [7, 11) is 0. The Labute approximate surface area is 230 Å². The van der Waals surface area contributed by atoms with Crippen LogP contribution in [0, 0.1) is 0 Å². The van der Waals surface area contributed by atoms with Crippen molar-refractivity contribution in [2.45, 2.75) is 57.8 Å². The fourth-order valence-electron chi connectivity index (χ4n) is 5.48. The lowest BCUT2D eigenvalue weighted by Gasteiger charge is -2.29. The first-order valence-electron chi connectivity index (χ1n) is 13.9. The standard InChI is InChI=1S/C35H34O4/c1-2-15-29-24-30(25-16-7-3-8-17-25)31(26-18-9-4-10-19-26)33(39-35(37)28-22-13-6-14-23-28)32(29)38-34(36)27-20-11-5-12-21-27/h3,5-8,11-14,16-17,20-24,26H,2,4,9-10,15,18-19H2,1H3. The molecule has 0 radical (unpaired) electrons. The number of esters is 2. The molecule has 0 heterocycles. The molecule has 0 N–H and O–H groups in total. The van der Waals surface area contributed by atoms with Crippen molar-refractivity contribution in [1.29, 1.82) is 0 Å². The molecule has 4 aromatic rings. The normalized spacial score (nSPS) is 13.6. The van der Waals surface area contributed by atoms with Crippen molar-refractivity contribution >= 4 is 11.9 Å². The summed E-state index contributed by atoms with van der Waals surface area (Å²) in [5, 5.41) is 0. The van der Waals surface area contributed by atoms with Gasteiger partial charge in [-0.2, -0.15) is 0 Å². The van der Waals surface area contributed by atoms with Crippen molar-refractivity contribution in [3.63, 3.8) is 0 Å². The van der Waals surface area contributed by atoms with E-state index in [2.05, 4.69) is 25.1 Å². The molecule has 0 aromatic heterocycles. The van der Waals surface area contributed by atoms with Crippen molar-refractivity contribution in [3.05, 3.63) is 119 Å². The second kappa shape index (κ2) is 12.6. The summed E-state index contributed by atoms with van der Waals surface area (Å²) in [5.74, 6) is 0.00167. The Morgan fingerprint density at radius 2 is 1.21 bits per heavy atom. The van der Waals surface area contributed by atoms with E-state index in [-0.39, 0.29) is 5.92 Å². The third kappa shape index (κ3) is 6.12. The zero-order chi connectivity index (χ0) is 27.0. The molecule has 0 unspecified atom stereocenters. The number of aryl methyl sites for hydroxylation is 1. The topological polar surface area (TPSA) is 52.6 Å². The van der Waals surface area contributed by atoms with E-state index in [1.54, 1.807) is 24.3 Å². The third-order valence-electron chi connectivity index (χ3n) is 7.38. The number of ether oxygens (including phenoxy) is 2. The molecule has 0 aliphatic heterocycles. The summed E-state index contributed by atoms with van der Waals surface area (Å²) in [6, 6.07) is 30.3. The molecule has 0 amide bonds. The van der Waals surface area contributed by atoms with Gasteiger partial charge in [0.1, 0.15) is 0 Å². The molecule has 4 heteroatoms. The van der Waals surface area contributed by atoms with E-state index in [1.165, 1.54) is 6.42 Å². The van der Waals surface area contributed by atoms with Gasteiger partial charge in [-0.25, -0.2) is 9.59 Å². The van der Waals surface area contributed by atoms with Gasteiger partial charge in [-0.05, 0) is 72.2 Å². The SMILES string of the molecule is CCCc1cc(-c2ccccc2)c(C2CCCCC2)c(OC(=O)c2ccccc2)c1OC(=O)c1ccccc1. The van der Waals surface area contributed by atoms with Gasteiger partial charge in [0.15, 0.2) is 11.5 Å². The molecule has 0 atom stereocenters. The van der Waals surface area contributed by atoms with Crippen molar-refractivity contribution < 1.29 is 19.1 Å². The molecule has 1 fully saturated rings. The third-order valence-corrected chi connectivity index (χ3v) is 7.38. The van der Waals surface area contributed by atoms with Gasteiger partial charge in [0.2, 0.25) is 0 Å². The molecule has 0 spiro atoms. The number of hydrogen-bond donors (Lipinski definition) is 0. The van der Waals surface area contributed by atoms with E-state index >= 15 is 0 Å². The van der Waals surface area contributed by atoms with Gasteiger partial charge in [-0.15, -0.1) is 0 Å². The van der Waals surface area contributed by atoms with Crippen molar-refractivity contribution in [2.24, 2.45) is 0 Å². The van der Waals surface area contributed by atoms with Crippen LogP contribution in [0.15, 0.2) is 97.1 Å². The monoisotopic (exact) mass is 518 g/mol. The van der Waals surface area contributed by atoms with Gasteiger partial charge in [0.05, 0.1) is 11.1 Å². The molecule has 0 saturated heterocycles. The van der Waals surface area contributed by atoms with Gasteiger partial charge in [0, 0.05) is 5.56 Å². The van der Waals surface area contributed by atoms with Crippen molar-refractivity contribution in [2.75, 3.05) is 0 Å². The number of carbonyl (C=O) groups excluding carboxylic acids is 2. The molecular formula is C35H34O4. The fraction of sp³-hybridized carbons (Fsp3) is 0.257. The first-order chi connectivity index (χ1) is 19.2. The zero-order valence-corrected chi connectivity index (χ0v) is 22.4. The molecule has 0 bridgehead atoms. The van der Waals surface area contributed by atoms with Crippen LogP contribution in [0.4, 0.5) is 0 Å². The van der Waals surface area contributed by atoms with E-state index in [0.29, 0.717) is 29.0 Å². The quantitative estimate of drug-likeness (QED) is 0.173. The zero-order valence-electron chi connectivity index (χ0n) is 22.4. The number of benzene rings is 4. The minimum atomic E-state index is -0.466. The van der Waals surface area contributed by atoms with E-state index in [4.69, 9.17) is 9.47 Å². The Morgan fingerprint density at radius 3 is 1.74 bits per heavy atom. The van der Waals surface area contributed by atoms with Crippen LogP contribution < -0.4 is 9.47 Å². The minimum absolute atomic E-state index is 0.192. The first-order valence-corrected chi connectivity index (χ1v) is 13.9. The van der Waals surface area contributed by atoms with Crippen molar-refractivity contribution in [3.8, 4) is 22.6 Å². The van der Waals surface area contributed by atoms with Gasteiger partial charge in [-0.3, -0.25) is 0 Å². The maximum atomic E-state index is 13.5. The maximum absolute atomic E-state index is 13.5. The molecule has 39 heavy (non-hydrogen) atoms. The molecule has 4 aromatic carbocycles. The predicted molar refractivity (Wildman–Crippen MR) is 154 cm³/mol. The van der Waals surface area contributed by atoms with Crippen LogP contribution in [0.25, 0.3) is 11.1 Å². The summed E-state index contributed by atoms with van der Waals surface area (Å²) in [5.41, 5.74) is 4.83. The highest BCUT2D eigenvalue weighted by Crippen LogP contribution is 2.49. The van der Waals surface area contributed by atoms with Crippen LogP contribution in [0.2, 0.25) is 0 Å². The second-order valence-electron chi connectivity index (χ2n) is 10.1. The smallest absolute Gasteiger partial charge is 0.343 e. The average molecular weight is 519 g/mol. The second-order valence-corrected chi connectivity index (χ2v) is 10.1. The van der Waals surface area contributed by atoms with Crippen LogP contribution in [-0.2, 0) is 6.42 Å². The van der Waals surface area contributed by atoms with Crippen LogP contribution in [0.5, 0.6) is 11.5 Å². The molecule has 1 saturated carbocycles. The minimum Gasteiger partial charge on any atom is -0.419 e. The van der Waals surface area contributed by atoms with Gasteiger partial charge in [0.25, 0.3) is 0 Å². The highest BCUT2D eigenvalue weighted by atomic mass is 16.6. The van der Waals surface area contributed by atoms with Crippen LogP contribution in [0.3, 0.4) is 0 Å². The lowest BCUT2D eigenvalue weighted by atomic mass is 9.79. The molecule has 5 rings (SSSR count). The van der Waals surface area contributed by atoms with E-state index in [9.17, 15) is 9.59 Å². The van der Waals surface area contributed by atoms with E-state index in [1.807, 2.05) is 54.6 Å². The number of carbonyl (C=O) groups is 2. The van der Waals surface area contributed by atoms with Crippen LogP contribution in [0.1, 0.15) is 83.2 Å². The summed E-state index contributed by atoms with van der Waals surface area (Å²) >= 11 is 0. The predicted octanol–water partition coefficient (Wildman–Crippen LogP) is 8.79. The summed E-state index contributed by atoms with van der Waals surface area (Å²) in [4.78, 5) is 26.9. The first kappa shape index (κ1) is 26.4. The number of rotatable bonds is 8. The molecule has 198 valence electrons. The van der Waals surface area contributed by atoms with Crippen LogP contribution in [-0.4, -0.2) is 11.9 Å². The largest absolute Gasteiger partial charge is 0.419 e. The highest BCUT2D eigenvalue weighted by molar-refractivity contribution is 5.94. The Morgan fingerprint density at radius 1 is 0.692 bits per heavy atom. The van der Waals surface area contributed by atoms with E-state index < -0.39 is 11.9 Å². The van der Waals surface area contributed by atoms with Gasteiger partial charge >= 0.3 is 11.9 Å². The summed E-state index contributed by atoms with van der Waals surface area (Å²) < 4.78 is 12.4. The van der Waals surface area contributed by atoms with Gasteiger partial charge < -0.3 is 9.47 Å². The Kier molecular flexibility index (Phi) is 8.52. The Balaban J connectivity index is 1.73. The molecule has 4 nitrogen and oxygen atoms in total. The molecular weight excluding hydrogens is 484 g/mol.